The second-order valence-electron chi connectivity index (χ2n) is 4.90. The molecule has 0 radical (unpaired) electrons. The molecule has 1 aromatic carbocycles. The summed E-state index contributed by atoms with van der Waals surface area (Å²) >= 11 is 0. The molecule has 0 aliphatic carbocycles. The normalized spacial score (nSPS) is 20.4. The van der Waals surface area contributed by atoms with E-state index in [0.717, 1.165) is 24.2 Å². The minimum absolute atomic E-state index is 0.187. The zero-order valence-electron chi connectivity index (χ0n) is 11.1. The third kappa shape index (κ3) is 2.28. The Hall–Kier alpha value is -1.71. The molecule has 4 nitrogen and oxygen atoms in total. The van der Waals surface area contributed by atoms with Gasteiger partial charge in [-0.15, -0.1) is 0 Å². The van der Waals surface area contributed by atoms with Gasteiger partial charge in [0.25, 0.3) is 0 Å². The molecule has 1 unspecified atom stereocenters. The number of nitrogens with two attached hydrogens (primary N) is 1. The molecule has 1 aromatic rings. The number of aryl methyl sites for hydroxylation is 1. The van der Waals surface area contributed by atoms with E-state index in [1.54, 1.807) is 0 Å². The van der Waals surface area contributed by atoms with Crippen LogP contribution < -0.4 is 10.6 Å². The minimum atomic E-state index is 0.187. The lowest BCUT2D eigenvalue weighted by Gasteiger charge is -2.28. The molecule has 0 amide bonds. The Balaban J connectivity index is 2.44. The van der Waals surface area contributed by atoms with E-state index in [0.29, 0.717) is 6.04 Å². The lowest BCUT2D eigenvalue weighted by molar-refractivity contribution is 0.318. The number of nitrogens with zero attached hydrogens (tertiary/aromatic N) is 2. The van der Waals surface area contributed by atoms with Crippen LogP contribution in [-0.2, 0) is 0 Å². The van der Waals surface area contributed by atoms with Gasteiger partial charge in [-0.05, 0) is 43.9 Å². The number of amidine groups is 1. The van der Waals surface area contributed by atoms with Gasteiger partial charge in [-0.3, -0.25) is 0 Å². The van der Waals surface area contributed by atoms with E-state index in [1.165, 1.54) is 18.4 Å². The van der Waals surface area contributed by atoms with Crippen molar-refractivity contribution >= 4 is 11.5 Å². The first-order chi connectivity index (χ1) is 8.67. The van der Waals surface area contributed by atoms with Crippen molar-refractivity contribution in [1.29, 1.82) is 0 Å². The van der Waals surface area contributed by atoms with E-state index < -0.39 is 0 Å². The third-order valence-corrected chi connectivity index (χ3v) is 3.69. The summed E-state index contributed by atoms with van der Waals surface area (Å²) in [4.78, 5) is 2.39. The highest BCUT2D eigenvalue weighted by Crippen LogP contribution is 2.30. The minimum Gasteiger partial charge on any atom is -0.409 e. The number of oxime groups is 1. The summed E-state index contributed by atoms with van der Waals surface area (Å²) in [6.45, 7) is 5.33. The first-order valence-corrected chi connectivity index (χ1v) is 6.52. The molecule has 0 saturated carbocycles. The first kappa shape index (κ1) is 12.7. The Morgan fingerprint density at radius 2 is 2.33 bits per heavy atom. The summed E-state index contributed by atoms with van der Waals surface area (Å²) in [5.41, 5.74) is 8.88. The molecule has 0 bridgehead atoms. The molecule has 1 aliphatic heterocycles. The van der Waals surface area contributed by atoms with E-state index in [2.05, 4.69) is 30.0 Å². The van der Waals surface area contributed by atoms with Crippen LogP contribution in [0.5, 0.6) is 0 Å². The SMILES string of the molecule is CCC1CCCN1c1cc(C)ccc1C(N)=NO. The summed E-state index contributed by atoms with van der Waals surface area (Å²) in [6, 6.07) is 6.62. The average molecular weight is 247 g/mol. The van der Waals surface area contributed by atoms with Crippen LogP contribution in [0, 0.1) is 6.92 Å². The Morgan fingerprint density at radius 3 is 3.00 bits per heavy atom. The van der Waals surface area contributed by atoms with E-state index >= 15 is 0 Å². The largest absolute Gasteiger partial charge is 0.409 e. The lowest BCUT2D eigenvalue weighted by atomic mass is 10.1. The van der Waals surface area contributed by atoms with Crippen molar-refractivity contribution in [3.63, 3.8) is 0 Å². The van der Waals surface area contributed by atoms with E-state index in [9.17, 15) is 0 Å². The maximum atomic E-state index is 8.89. The topological polar surface area (TPSA) is 61.8 Å². The Morgan fingerprint density at radius 1 is 1.56 bits per heavy atom. The molecule has 1 heterocycles. The predicted octanol–water partition coefficient (Wildman–Crippen LogP) is 2.47. The summed E-state index contributed by atoms with van der Waals surface area (Å²) in [6.07, 6.45) is 3.56. The molecule has 3 N–H and O–H groups in total. The van der Waals surface area contributed by atoms with Crippen molar-refractivity contribution in [2.45, 2.75) is 39.2 Å². The predicted molar refractivity (Wildman–Crippen MR) is 74.3 cm³/mol. The highest BCUT2D eigenvalue weighted by atomic mass is 16.4. The van der Waals surface area contributed by atoms with Gasteiger partial charge in [-0.1, -0.05) is 18.1 Å². The fourth-order valence-electron chi connectivity index (χ4n) is 2.73. The lowest BCUT2D eigenvalue weighted by Crippen LogP contribution is -2.31. The average Bonchev–Trinajstić information content (AvgIpc) is 2.85. The second kappa shape index (κ2) is 5.29. The van der Waals surface area contributed by atoms with Crippen LogP contribution in [0.25, 0.3) is 0 Å². The van der Waals surface area contributed by atoms with E-state index in [1.807, 2.05) is 12.1 Å². The number of benzene rings is 1. The van der Waals surface area contributed by atoms with Crippen molar-refractivity contribution in [2.24, 2.45) is 10.9 Å². The van der Waals surface area contributed by atoms with E-state index in [-0.39, 0.29) is 5.84 Å². The molecule has 18 heavy (non-hydrogen) atoms. The van der Waals surface area contributed by atoms with Gasteiger partial charge in [0.05, 0.1) is 0 Å². The second-order valence-corrected chi connectivity index (χ2v) is 4.90. The van der Waals surface area contributed by atoms with Crippen LogP contribution >= 0.6 is 0 Å². The Kier molecular flexibility index (Phi) is 3.75. The molecular formula is C14H21N3O. The summed E-state index contributed by atoms with van der Waals surface area (Å²) in [5.74, 6) is 0.187. The van der Waals surface area contributed by atoms with Gasteiger partial charge in [-0.2, -0.15) is 0 Å². The fraction of sp³-hybridized carbons (Fsp3) is 0.500. The van der Waals surface area contributed by atoms with Crippen molar-refractivity contribution in [1.82, 2.24) is 0 Å². The first-order valence-electron chi connectivity index (χ1n) is 6.52. The number of hydrogen-bond donors (Lipinski definition) is 2. The monoisotopic (exact) mass is 247 g/mol. The highest BCUT2D eigenvalue weighted by molar-refractivity contribution is 6.02. The van der Waals surface area contributed by atoms with Crippen molar-refractivity contribution < 1.29 is 5.21 Å². The highest BCUT2D eigenvalue weighted by Gasteiger charge is 2.25. The van der Waals surface area contributed by atoms with E-state index in [4.69, 9.17) is 10.9 Å². The molecule has 2 rings (SSSR count). The molecule has 0 aromatic heterocycles. The molecule has 4 heteroatoms. The van der Waals surface area contributed by atoms with Crippen molar-refractivity contribution in [3.05, 3.63) is 29.3 Å². The number of anilines is 1. The zero-order chi connectivity index (χ0) is 13.1. The molecule has 98 valence electrons. The summed E-state index contributed by atoms with van der Waals surface area (Å²) in [7, 11) is 0. The third-order valence-electron chi connectivity index (χ3n) is 3.69. The van der Waals surface area contributed by atoms with Crippen LogP contribution in [0.2, 0.25) is 0 Å². The van der Waals surface area contributed by atoms with Gasteiger partial charge in [0.15, 0.2) is 5.84 Å². The van der Waals surface area contributed by atoms with Crippen LogP contribution in [0.4, 0.5) is 5.69 Å². The van der Waals surface area contributed by atoms with Crippen molar-refractivity contribution in [2.75, 3.05) is 11.4 Å². The van der Waals surface area contributed by atoms with Crippen LogP contribution in [0.1, 0.15) is 37.3 Å². The van der Waals surface area contributed by atoms with Crippen LogP contribution in [0.3, 0.4) is 0 Å². The maximum absolute atomic E-state index is 8.89. The molecule has 1 fully saturated rings. The van der Waals surface area contributed by atoms with Crippen LogP contribution in [-0.4, -0.2) is 23.6 Å². The molecule has 0 spiro atoms. The molecule has 1 aliphatic rings. The smallest absolute Gasteiger partial charge is 0.172 e. The standard InChI is InChI=1S/C14H21N3O/c1-3-11-5-4-8-17(11)13-9-10(2)6-7-12(13)14(15)16-18/h6-7,9,11,18H,3-5,8H2,1-2H3,(H2,15,16). The number of rotatable bonds is 3. The van der Waals surface area contributed by atoms with Gasteiger partial charge in [0.2, 0.25) is 0 Å². The Labute approximate surface area is 108 Å². The van der Waals surface area contributed by atoms with Gasteiger partial charge in [0.1, 0.15) is 0 Å². The molecule has 1 saturated heterocycles. The van der Waals surface area contributed by atoms with Gasteiger partial charge < -0.3 is 15.8 Å². The van der Waals surface area contributed by atoms with Crippen molar-refractivity contribution in [3.8, 4) is 0 Å². The quantitative estimate of drug-likeness (QED) is 0.373. The summed E-state index contributed by atoms with van der Waals surface area (Å²) < 4.78 is 0. The molecular weight excluding hydrogens is 226 g/mol. The van der Waals surface area contributed by atoms with Gasteiger partial charge in [-0.25, -0.2) is 0 Å². The zero-order valence-corrected chi connectivity index (χ0v) is 11.1. The van der Waals surface area contributed by atoms with Gasteiger partial charge >= 0.3 is 0 Å². The van der Waals surface area contributed by atoms with Crippen LogP contribution in [0.15, 0.2) is 23.4 Å². The Bertz CT molecular complexity index is 456. The molecule has 1 atom stereocenters. The van der Waals surface area contributed by atoms with Gasteiger partial charge in [0, 0.05) is 23.8 Å². The number of hydrogen-bond acceptors (Lipinski definition) is 3. The fourth-order valence-corrected chi connectivity index (χ4v) is 2.73. The maximum Gasteiger partial charge on any atom is 0.172 e. The summed E-state index contributed by atoms with van der Waals surface area (Å²) in [5, 5.41) is 12.0.